The second-order valence-electron chi connectivity index (χ2n) is 6.42. The minimum absolute atomic E-state index is 0.0606. The number of amides is 1. The van der Waals surface area contributed by atoms with Crippen LogP contribution in [0.15, 0.2) is 65.7 Å². The van der Waals surface area contributed by atoms with Gasteiger partial charge in [0, 0.05) is 37.6 Å². The van der Waals surface area contributed by atoms with Crippen LogP contribution in [0.2, 0.25) is 5.15 Å². The van der Waals surface area contributed by atoms with Gasteiger partial charge in [-0.25, -0.2) is 4.98 Å². The number of rotatable bonds is 9. The fourth-order valence-corrected chi connectivity index (χ4v) is 2.99. The largest absolute Gasteiger partial charge is 0.356 e. The molecule has 0 fully saturated rings. The molecule has 0 saturated heterocycles. The molecule has 1 amide bonds. The Morgan fingerprint density at radius 1 is 1.07 bits per heavy atom. The van der Waals surface area contributed by atoms with Gasteiger partial charge in [-0.2, -0.15) is 0 Å². The standard InChI is InChI=1S/C21H22ClN5O2/c22-18-15-27(13-10-16-6-2-1-3-7-16)21(29)20(26-18)25-14-19(28)24-12-9-17-8-4-5-11-23-17/h1-8,11,15H,9-10,12-14H2,(H,24,28)(H,25,26). The maximum atomic E-state index is 12.6. The van der Waals surface area contributed by atoms with Crippen LogP contribution in [-0.2, 0) is 24.2 Å². The zero-order valence-electron chi connectivity index (χ0n) is 15.8. The molecular weight excluding hydrogens is 390 g/mol. The fourth-order valence-electron chi connectivity index (χ4n) is 2.78. The molecule has 0 aliphatic heterocycles. The molecular formula is C21H22ClN5O2. The lowest BCUT2D eigenvalue weighted by Gasteiger charge is -2.10. The lowest BCUT2D eigenvalue weighted by molar-refractivity contribution is -0.119. The summed E-state index contributed by atoms with van der Waals surface area (Å²) in [5, 5.41) is 5.76. The van der Waals surface area contributed by atoms with Crippen molar-refractivity contribution in [3.8, 4) is 0 Å². The molecule has 150 valence electrons. The van der Waals surface area contributed by atoms with Crippen LogP contribution < -0.4 is 16.2 Å². The maximum Gasteiger partial charge on any atom is 0.293 e. The van der Waals surface area contributed by atoms with Crippen molar-refractivity contribution < 1.29 is 4.79 Å². The fraction of sp³-hybridized carbons (Fsp3) is 0.238. The van der Waals surface area contributed by atoms with Gasteiger partial charge in [-0.05, 0) is 24.1 Å². The molecule has 2 N–H and O–H groups in total. The number of aromatic nitrogens is 3. The molecule has 0 bridgehead atoms. The van der Waals surface area contributed by atoms with Gasteiger partial charge in [-0.3, -0.25) is 14.6 Å². The van der Waals surface area contributed by atoms with E-state index in [0.29, 0.717) is 25.9 Å². The number of hydrogen-bond acceptors (Lipinski definition) is 5. The normalized spacial score (nSPS) is 10.5. The molecule has 0 aliphatic carbocycles. The highest BCUT2D eigenvalue weighted by Gasteiger charge is 2.10. The molecule has 29 heavy (non-hydrogen) atoms. The summed E-state index contributed by atoms with van der Waals surface area (Å²) in [6.07, 6.45) is 4.54. The summed E-state index contributed by atoms with van der Waals surface area (Å²) in [7, 11) is 0. The predicted octanol–water partition coefficient (Wildman–Crippen LogP) is 2.31. The average Bonchev–Trinajstić information content (AvgIpc) is 2.74. The Morgan fingerprint density at radius 2 is 1.86 bits per heavy atom. The lowest BCUT2D eigenvalue weighted by Crippen LogP contribution is -2.34. The first kappa shape index (κ1) is 20.5. The van der Waals surface area contributed by atoms with Gasteiger partial charge >= 0.3 is 0 Å². The minimum atomic E-state index is -0.313. The van der Waals surface area contributed by atoms with Crippen LogP contribution in [0.25, 0.3) is 0 Å². The number of anilines is 1. The predicted molar refractivity (Wildman–Crippen MR) is 113 cm³/mol. The minimum Gasteiger partial charge on any atom is -0.356 e. The zero-order chi connectivity index (χ0) is 20.5. The molecule has 1 aromatic carbocycles. The van der Waals surface area contributed by atoms with Crippen LogP contribution in [0.1, 0.15) is 11.3 Å². The van der Waals surface area contributed by atoms with E-state index in [4.69, 9.17) is 11.6 Å². The van der Waals surface area contributed by atoms with Gasteiger partial charge < -0.3 is 15.2 Å². The molecule has 0 aliphatic rings. The van der Waals surface area contributed by atoms with E-state index in [-0.39, 0.29) is 29.0 Å². The van der Waals surface area contributed by atoms with E-state index in [1.165, 1.54) is 10.8 Å². The van der Waals surface area contributed by atoms with Crippen LogP contribution in [0, 0.1) is 0 Å². The van der Waals surface area contributed by atoms with Gasteiger partial charge in [0.2, 0.25) is 5.91 Å². The molecule has 0 radical (unpaired) electrons. The van der Waals surface area contributed by atoms with Gasteiger partial charge in [0.25, 0.3) is 5.56 Å². The number of nitrogens with one attached hydrogen (secondary N) is 2. The molecule has 2 heterocycles. The third-order valence-corrected chi connectivity index (χ3v) is 4.46. The first-order valence-corrected chi connectivity index (χ1v) is 9.71. The Balaban J connectivity index is 1.52. The maximum absolute atomic E-state index is 12.6. The van der Waals surface area contributed by atoms with Crippen LogP contribution >= 0.6 is 11.6 Å². The van der Waals surface area contributed by atoms with Gasteiger partial charge in [-0.1, -0.05) is 48.0 Å². The van der Waals surface area contributed by atoms with Crippen molar-refractivity contribution in [2.75, 3.05) is 18.4 Å². The molecule has 2 aromatic heterocycles. The number of carbonyl (C=O) groups excluding carboxylic acids is 1. The number of carbonyl (C=O) groups is 1. The number of aryl methyl sites for hydroxylation is 2. The van der Waals surface area contributed by atoms with Crippen molar-refractivity contribution in [1.29, 1.82) is 0 Å². The summed E-state index contributed by atoms with van der Waals surface area (Å²) in [6.45, 7) is 0.862. The summed E-state index contributed by atoms with van der Waals surface area (Å²) >= 11 is 6.05. The van der Waals surface area contributed by atoms with Crippen molar-refractivity contribution >= 4 is 23.3 Å². The second-order valence-corrected chi connectivity index (χ2v) is 6.81. The Hall–Kier alpha value is -3.19. The van der Waals surface area contributed by atoms with Crippen molar-refractivity contribution in [1.82, 2.24) is 19.9 Å². The van der Waals surface area contributed by atoms with Gasteiger partial charge in [0.15, 0.2) is 5.82 Å². The molecule has 0 unspecified atom stereocenters. The number of nitrogens with zero attached hydrogens (tertiary/aromatic N) is 3. The van der Waals surface area contributed by atoms with Gasteiger partial charge in [0.05, 0.1) is 6.54 Å². The van der Waals surface area contributed by atoms with E-state index in [0.717, 1.165) is 11.3 Å². The highest BCUT2D eigenvalue weighted by Crippen LogP contribution is 2.07. The highest BCUT2D eigenvalue weighted by atomic mass is 35.5. The van der Waals surface area contributed by atoms with E-state index in [2.05, 4.69) is 20.6 Å². The third kappa shape index (κ3) is 6.43. The van der Waals surface area contributed by atoms with Crippen LogP contribution in [0.3, 0.4) is 0 Å². The molecule has 0 saturated carbocycles. The molecule has 0 atom stereocenters. The van der Waals surface area contributed by atoms with E-state index in [9.17, 15) is 9.59 Å². The first-order chi connectivity index (χ1) is 14.1. The topological polar surface area (TPSA) is 88.9 Å². The second kappa shape index (κ2) is 10.4. The summed E-state index contributed by atoms with van der Waals surface area (Å²) in [4.78, 5) is 32.9. The molecule has 7 nitrogen and oxygen atoms in total. The third-order valence-electron chi connectivity index (χ3n) is 4.27. The lowest BCUT2D eigenvalue weighted by atomic mass is 10.1. The zero-order valence-corrected chi connectivity index (χ0v) is 16.6. The van der Waals surface area contributed by atoms with E-state index >= 15 is 0 Å². The smallest absolute Gasteiger partial charge is 0.293 e. The monoisotopic (exact) mass is 411 g/mol. The van der Waals surface area contributed by atoms with E-state index in [1.54, 1.807) is 6.20 Å². The summed E-state index contributed by atoms with van der Waals surface area (Å²) in [5.41, 5.74) is 1.71. The first-order valence-electron chi connectivity index (χ1n) is 9.33. The molecule has 0 spiro atoms. The Labute approximate surface area is 173 Å². The number of halogens is 1. The van der Waals surface area contributed by atoms with E-state index in [1.807, 2.05) is 48.5 Å². The van der Waals surface area contributed by atoms with E-state index < -0.39 is 0 Å². The molecule has 3 rings (SSSR count). The summed E-state index contributed by atoms with van der Waals surface area (Å²) in [6, 6.07) is 15.5. The highest BCUT2D eigenvalue weighted by molar-refractivity contribution is 6.29. The van der Waals surface area contributed by atoms with Crippen LogP contribution in [0.4, 0.5) is 5.82 Å². The Morgan fingerprint density at radius 3 is 2.62 bits per heavy atom. The van der Waals surface area contributed by atoms with Gasteiger partial charge in [0.1, 0.15) is 5.15 Å². The number of benzene rings is 1. The molecule has 8 heteroatoms. The van der Waals surface area contributed by atoms with Crippen molar-refractivity contribution in [3.63, 3.8) is 0 Å². The van der Waals surface area contributed by atoms with Crippen molar-refractivity contribution in [3.05, 3.63) is 87.7 Å². The van der Waals surface area contributed by atoms with Crippen LogP contribution in [-0.4, -0.2) is 33.5 Å². The Bertz CT molecular complexity index is 993. The van der Waals surface area contributed by atoms with Crippen molar-refractivity contribution in [2.24, 2.45) is 0 Å². The molecule has 3 aromatic rings. The summed E-state index contributed by atoms with van der Waals surface area (Å²) < 4.78 is 1.50. The van der Waals surface area contributed by atoms with Crippen LogP contribution in [0.5, 0.6) is 0 Å². The number of pyridine rings is 1. The SMILES string of the molecule is O=C(CNc1nc(Cl)cn(CCc2ccccc2)c1=O)NCCc1ccccn1. The quantitative estimate of drug-likeness (QED) is 0.564. The van der Waals surface area contributed by atoms with Crippen molar-refractivity contribution in [2.45, 2.75) is 19.4 Å². The summed E-state index contributed by atoms with van der Waals surface area (Å²) in [5.74, 6) is -0.177. The average molecular weight is 412 g/mol. The van der Waals surface area contributed by atoms with Gasteiger partial charge in [-0.15, -0.1) is 0 Å². The Kier molecular flexibility index (Phi) is 7.35. The number of hydrogen-bond donors (Lipinski definition) is 2.